The Kier molecular flexibility index (Phi) is 72.8. The molecule has 500 valence electrons. The molecule has 0 spiro atoms. The van der Waals surface area contributed by atoms with E-state index in [2.05, 4.69) is 19.2 Å². The molecule has 0 saturated carbocycles. The van der Waals surface area contributed by atoms with Crippen LogP contribution in [-0.4, -0.2) is 47.4 Å². The molecular weight excluding hydrogens is 1030 g/mol. The second-order valence-electron chi connectivity index (χ2n) is 27.1. The van der Waals surface area contributed by atoms with Gasteiger partial charge in [0.25, 0.3) is 0 Å². The number of nitrogens with one attached hydrogen (secondary N) is 1. The fraction of sp³-hybridized carbons (Fsp3) is 0.949. The van der Waals surface area contributed by atoms with E-state index in [9.17, 15) is 19.8 Å². The van der Waals surface area contributed by atoms with Gasteiger partial charge in [0.15, 0.2) is 0 Å². The van der Waals surface area contributed by atoms with Gasteiger partial charge in [-0.25, -0.2) is 0 Å². The van der Waals surface area contributed by atoms with Gasteiger partial charge in [-0.3, -0.25) is 9.59 Å². The van der Waals surface area contributed by atoms with Gasteiger partial charge in [0, 0.05) is 12.8 Å². The number of aliphatic hydroxyl groups excluding tert-OH is 2. The van der Waals surface area contributed by atoms with Crippen molar-refractivity contribution in [2.45, 2.75) is 463 Å². The van der Waals surface area contributed by atoms with Crippen molar-refractivity contribution in [1.82, 2.24) is 5.32 Å². The summed E-state index contributed by atoms with van der Waals surface area (Å²) >= 11 is 0. The summed E-state index contributed by atoms with van der Waals surface area (Å²) in [6.45, 7) is 4.93. The van der Waals surface area contributed by atoms with Gasteiger partial charge < -0.3 is 20.3 Å². The highest BCUT2D eigenvalue weighted by Gasteiger charge is 2.18. The van der Waals surface area contributed by atoms with Crippen molar-refractivity contribution in [3.05, 3.63) is 12.2 Å². The number of hydrogen-bond donors (Lipinski definition) is 3. The fourth-order valence-electron chi connectivity index (χ4n) is 12.6. The third kappa shape index (κ3) is 69.7. The Bertz CT molecular complexity index is 1270. The van der Waals surface area contributed by atoms with Crippen LogP contribution in [0.2, 0.25) is 0 Å². The van der Waals surface area contributed by atoms with E-state index in [-0.39, 0.29) is 18.5 Å². The van der Waals surface area contributed by atoms with E-state index in [1.807, 2.05) is 6.08 Å². The van der Waals surface area contributed by atoms with E-state index in [1.165, 1.54) is 385 Å². The highest BCUT2D eigenvalue weighted by molar-refractivity contribution is 5.76. The lowest BCUT2D eigenvalue weighted by molar-refractivity contribution is -0.143. The maximum absolute atomic E-state index is 12.4. The predicted octanol–water partition coefficient (Wildman–Crippen LogP) is 25.5. The van der Waals surface area contributed by atoms with Crippen molar-refractivity contribution in [1.29, 1.82) is 0 Å². The second-order valence-corrected chi connectivity index (χ2v) is 27.1. The predicted molar refractivity (Wildman–Crippen MR) is 370 cm³/mol. The molecule has 0 fully saturated rings. The second kappa shape index (κ2) is 74.1. The SMILES string of the molecule is CCCCCCCCCC/C=C/C(O)C(CO)NC(=O)CCCCCCCCCCCCCCCCCCCCCCCCCCCCCCCCCCCCCCCCCOC(=O)CCCCCCCCCCCCCCCCCCCC. The van der Waals surface area contributed by atoms with Crippen LogP contribution in [-0.2, 0) is 14.3 Å². The lowest BCUT2D eigenvalue weighted by Gasteiger charge is -2.20. The molecular formula is C78H153NO5. The van der Waals surface area contributed by atoms with Crippen molar-refractivity contribution >= 4 is 11.9 Å². The van der Waals surface area contributed by atoms with Gasteiger partial charge in [0.05, 0.1) is 25.4 Å². The van der Waals surface area contributed by atoms with Gasteiger partial charge >= 0.3 is 5.97 Å². The van der Waals surface area contributed by atoms with Crippen LogP contribution in [0.3, 0.4) is 0 Å². The molecule has 2 unspecified atom stereocenters. The molecule has 2 atom stereocenters. The normalized spacial score (nSPS) is 12.5. The van der Waals surface area contributed by atoms with E-state index < -0.39 is 12.1 Å². The Morgan fingerprint density at radius 3 is 0.810 bits per heavy atom. The summed E-state index contributed by atoms with van der Waals surface area (Å²) in [6.07, 6.45) is 93.6. The zero-order valence-electron chi connectivity index (χ0n) is 57.4. The number of allylic oxidation sites excluding steroid dienone is 1. The number of hydrogen-bond acceptors (Lipinski definition) is 5. The quantitative estimate of drug-likeness (QED) is 0.0320. The molecule has 0 bridgehead atoms. The number of rotatable bonds is 74. The smallest absolute Gasteiger partial charge is 0.305 e. The van der Waals surface area contributed by atoms with Gasteiger partial charge in [-0.15, -0.1) is 0 Å². The highest BCUT2D eigenvalue weighted by Crippen LogP contribution is 2.20. The first-order valence-corrected chi connectivity index (χ1v) is 39.0. The number of amides is 1. The van der Waals surface area contributed by atoms with Gasteiger partial charge in [-0.05, 0) is 32.1 Å². The van der Waals surface area contributed by atoms with Crippen LogP contribution in [0.5, 0.6) is 0 Å². The van der Waals surface area contributed by atoms with Gasteiger partial charge in [0.1, 0.15) is 0 Å². The maximum atomic E-state index is 12.4. The molecule has 0 heterocycles. The number of carbonyl (C=O) groups is 2. The molecule has 0 aliphatic heterocycles. The van der Waals surface area contributed by atoms with Crippen LogP contribution in [0.15, 0.2) is 12.2 Å². The molecule has 0 aliphatic rings. The Hall–Kier alpha value is -1.40. The van der Waals surface area contributed by atoms with Crippen molar-refractivity contribution in [2.24, 2.45) is 0 Å². The summed E-state index contributed by atoms with van der Waals surface area (Å²) in [5, 5.41) is 23.0. The fourth-order valence-corrected chi connectivity index (χ4v) is 12.6. The van der Waals surface area contributed by atoms with Crippen LogP contribution in [0.4, 0.5) is 0 Å². The average Bonchev–Trinajstić information content (AvgIpc) is 3.51. The molecule has 6 nitrogen and oxygen atoms in total. The Balaban J connectivity index is 3.25. The average molecular weight is 1190 g/mol. The Morgan fingerprint density at radius 2 is 0.548 bits per heavy atom. The van der Waals surface area contributed by atoms with Crippen LogP contribution in [0.25, 0.3) is 0 Å². The van der Waals surface area contributed by atoms with E-state index in [0.29, 0.717) is 19.4 Å². The summed E-state index contributed by atoms with van der Waals surface area (Å²) in [5.41, 5.74) is 0. The molecule has 0 saturated heterocycles. The Morgan fingerprint density at radius 1 is 0.321 bits per heavy atom. The molecule has 0 rings (SSSR count). The van der Waals surface area contributed by atoms with Crippen molar-refractivity contribution in [3.8, 4) is 0 Å². The van der Waals surface area contributed by atoms with E-state index >= 15 is 0 Å². The first kappa shape index (κ1) is 82.6. The van der Waals surface area contributed by atoms with Crippen LogP contribution >= 0.6 is 0 Å². The van der Waals surface area contributed by atoms with Gasteiger partial charge in [0.2, 0.25) is 5.91 Å². The summed E-state index contributed by atoms with van der Waals surface area (Å²) in [7, 11) is 0. The van der Waals surface area contributed by atoms with Crippen LogP contribution < -0.4 is 5.32 Å². The standard InChI is InChI=1S/C78H153NO5/c1-3-5-7-9-11-13-15-16-17-18-43-46-49-52-56-60-64-68-72-78(83)84-73-69-65-61-57-53-50-47-44-41-39-37-35-33-31-29-27-25-23-21-19-20-22-24-26-28-30-32-34-36-38-40-42-45-48-51-55-59-63-67-71-77(82)79-75(74-80)76(81)70-66-62-58-54-14-12-10-8-6-4-2/h66,70,75-76,80-81H,3-65,67-69,71-74H2,1-2H3,(H,79,82)/b70-66+. The van der Waals surface area contributed by atoms with Crippen LogP contribution in [0, 0.1) is 0 Å². The lowest BCUT2D eigenvalue weighted by Crippen LogP contribution is -2.45. The summed E-state index contributed by atoms with van der Waals surface area (Å²) in [6, 6.07) is -0.620. The molecule has 0 radical (unpaired) electrons. The molecule has 1 amide bonds. The number of esters is 1. The molecule has 0 aromatic rings. The zero-order valence-corrected chi connectivity index (χ0v) is 57.4. The lowest BCUT2D eigenvalue weighted by atomic mass is 10.0. The monoisotopic (exact) mass is 1180 g/mol. The van der Waals surface area contributed by atoms with Crippen LogP contribution in [0.1, 0.15) is 450 Å². The minimum absolute atomic E-state index is 0.0293. The van der Waals surface area contributed by atoms with E-state index in [1.54, 1.807) is 6.08 Å². The molecule has 3 N–H and O–H groups in total. The number of carbonyl (C=O) groups excluding carboxylic acids is 2. The van der Waals surface area contributed by atoms with Crippen molar-refractivity contribution < 1.29 is 24.5 Å². The zero-order chi connectivity index (χ0) is 60.6. The minimum atomic E-state index is -0.837. The number of aliphatic hydroxyl groups is 2. The largest absolute Gasteiger partial charge is 0.466 e. The topological polar surface area (TPSA) is 95.9 Å². The molecule has 6 heteroatoms. The third-order valence-corrected chi connectivity index (χ3v) is 18.6. The van der Waals surface area contributed by atoms with Crippen molar-refractivity contribution in [2.75, 3.05) is 13.2 Å². The van der Waals surface area contributed by atoms with Crippen molar-refractivity contribution in [3.63, 3.8) is 0 Å². The molecule has 0 aliphatic carbocycles. The highest BCUT2D eigenvalue weighted by atomic mass is 16.5. The molecule has 0 aromatic heterocycles. The Labute approximate surface area is 527 Å². The summed E-state index contributed by atoms with van der Waals surface area (Å²) in [4.78, 5) is 24.6. The summed E-state index contributed by atoms with van der Waals surface area (Å²) in [5.74, 6) is -0.0321. The van der Waals surface area contributed by atoms with Gasteiger partial charge in [-0.2, -0.15) is 0 Å². The number of unbranched alkanes of at least 4 members (excludes halogenated alkanes) is 63. The third-order valence-electron chi connectivity index (χ3n) is 18.6. The first-order valence-electron chi connectivity index (χ1n) is 39.0. The summed E-state index contributed by atoms with van der Waals surface area (Å²) < 4.78 is 5.52. The maximum Gasteiger partial charge on any atom is 0.305 e. The van der Waals surface area contributed by atoms with Gasteiger partial charge in [-0.1, -0.05) is 418 Å². The number of ether oxygens (including phenoxy) is 1. The van der Waals surface area contributed by atoms with E-state index in [4.69, 9.17) is 4.74 Å². The molecule has 84 heavy (non-hydrogen) atoms. The minimum Gasteiger partial charge on any atom is -0.466 e. The van der Waals surface area contributed by atoms with E-state index in [0.717, 1.165) is 38.5 Å². The first-order chi connectivity index (χ1) is 41.5. The molecule has 0 aromatic carbocycles.